The molecule has 35 heavy (non-hydrogen) atoms. The number of anilines is 4. The number of aromatic nitrogens is 2. The van der Waals surface area contributed by atoms with E-state index < -0.39 is 27.1 Å². The number of carbonyl (C=O) groups excluding carboxylic acids is 1. The monoisotopic (exact) mass is 477 g/mol. The Kier molecular flexibility index (Phi) is 6.81. The number of amides is 1. The summed E-state index contributed by atoms with van der Waals surface area (Å²) in [6.45, 7) is 3.85. The Morgan fingerprint density at radius 2 is 1.49 bits per heavy atom. The third-order valence-electron chi connectivity index (χ3n) is 5.51. The molecule has 0 unspecified atom stereocenters. The molecule has 4 rings (SSSR count). The minimum Gasteiger partial charge on any atom is -0.356 e. The van der Waals surface area contributed by atoms with E-state index in [0.717, 1.165) is 55.6 Å². The van der Waals surface area contributed by atoms with Crippen molar-refractivity contribution < 1.29 is 14.6 Å². The third-order valence-corrected chi connectivity index (χ3v) is 5.51. The highest BCUT2D eigenvalue weighted by molar-refractivity contribution is 6.05. The Morgan fingerprint density at radius 3 is 2.09 bits per heavy atom. The molecule has 1 saturated heterocycles. The van der Waals surface area contributed by atoms with Crippen molar-refractivity contribution in [2.24, 2.45) is 0 Å². The van der Waals surface area contributed by atoms with Gasteiger partial charge in [-0.25, -0.2) is 4.98 Å². The summed E-state index contributed by atoms with van der Waals surface area (Å²) in [6.07, 6.45) is 3.51. The molecule has 180 valence electrons. The molecule has 12 heteroatoms. The Bertz CT molecular complexity index is 1240. The number of nitro groups is 2. The molecular formula is C23H23N7O5. The Hall–Kier alpha value is -4.61. The van der Waals surface area contributed by atoms with Crippen molar-refractivity contribution in [2.75, 3.05) is 28.6 Å². The Balaban J connectivity index is 1.46. The minimum absolute atomic E-state index is 0.188. The third kappa shape index (κ3) is 5.85. The minimum atomic E-state index is -0.783. The largest absolute Gasteiger partial charge is 0.356 e. The van der Waals surface area contributed by atoms with Crippen LogP contribution in [0.15, 0.2) is 48.5 Å². The van der Waals surface area contributed by atoms with Crippen molar-refractivity contribution in [1.82, 2.24) is 9.97 Å². The maximum Gasteiger partial charge on any atom is 0.277 e. The van der Waals surface area contributed by atoms with Crippen LogP contribution in [-0.4, -0.2) is 38.8 Å². The molecule has 1 aromatic heterocycles. The first kappa shape index (κ1) is 23.5. The first-order chi connectivity index (χ1) is 16.8. The van der Waals surface area contributed by atoms with E-state index in [2.05, 4.69) is 25.5 Å². The molecule has 1 fully saturated rings. The zero-order chi connectivity index (χ0) is 24.9. The fourth-order valence-electron chi connectivity index (χ4n) is 3.80. The number of piperidine rings is 1. The van der Waals surface area contributed by atoms with Crippen LogP contribution in [0.2, 0.25) is 0 Å². The van der Waals surface area contributed by atoms with Crippen LogP contribution in [-0.2, 0) is 0 Å². The number of hydrogen-bond acceptors (Lipinski definition) is 9. The maximum atomic E-state index is 12.6. The van der Waals surface area contributed by atoms with E-state index in [1.165, 1.54) is 6.42 Å². The molecular weight excluding hydrogens is 454 g/mol. The van der Waals surface area contributed by atoms with Crippen molar-refractivity contribution in [3.05, 3.63) is 80.0 Å². The van der Waals surface area contributed by atoms with Crippen LogP contribution >= 0.6 is 0 Å². The zero-order valence-electron chi connectivity index (χ0n) is 18.9. The predicted octanol–water partition coefficient (Wildman–Crippen LogP) is 4.59. The summed E-state index contributed by atoms with van der Waals surface area (Å²) in [7, 11) is 0. The number of aryl methyl sites for hydroxylation is 1. The van der Waals surface area contributed by atoms with E-state index in [-0.39, 0.29) is 5.56 Å². The molecule has 2 heterocycles. The average Bonchev–Trinajstić information content (AvgIpc) is 2.85. The molecule has 0 spiro atoms. The van der Waals surface area contributed by atoms with Gasteiger partial charge in [-0.05, 0) is 50.5 Å². The smallest absolute Gasteiger partial charge is 0.277 e. The number of non-ortho nitro benzene ring substituents is 2. The molecule has 2 N–H and O–H groups in total. The zero-order valence-corrected chi connectivity index (χ0v) is 18.9. The molecule has 12 nitrogen and oxygen atoms in total. The quantitative estimate of drug-likeness (QED) is 0.367. The lowest BCUT2D eigenvalue weighted by Crippen LogP contribution is -2.30. The second-order valence-electron chi connectivity index (χ2n) is 8.15. The summed E-state index contributed by atoms with van der Waals surface area (Å²) in [4.78, 5) is 44.5. The van der Waals surface area contributed by atoms with E-state index >= 15 is 0 Å². The van der Waals surface area contributed by atoms with Gasteiger partial charge in [-0.2, -0.15) is 4.98 Å². The second-order valence-corrected chi connectivity index (χ2v) is 8.15. The highest BCUT2D eigenvalue weighted by atomic mass is 16.6. The molecule has 1 amide bonds. The van der Waals surface area contributed by atoms with Crippen LogP contribution in [0.1, 0.15) is 35.3 Å². The van der Waals surface area contributed by atoms with Crippen LogP contribution in [0.5, 0.6) is 0 Å². The van der Waals surface area contributed by atoms with E-state index in [4.69, 9.17) is 0 Å². The number of nitro benzene ring substituents is 2. The van der Waals surface area contributed by atoms with Crippen LogP contribution in [0.3, 0.4) is 0 Å². The average molecular weight is 477 g/mol. The first-order valence-electron chi connectivity index (χ1n) is 11.0. The van der Waals surface area contributed by atoms with Crippen molar-refractivity contribution in [3.63, 3.8) is 0 Å². The number of rotatable bonds is 7. The van der Waals surface area contributed by atoms with Crippen molar-refractivity contribution in [2.45, 2.75) is 26.2 Å². The number of hydrogen-bond donors (Lipinski definition) is 2. The Labute approximate surface area is 200 Å². The van der Waals surface area contributed by atoms with Crippen LogP contribution in [0.4, 0.5) is 34.5 Å². The van der Waals surface area contributed by atoms with Crippen LogP contribution < -0.4 is 15.5 Å². The summed E-state index contributed by atoms with van der Waals surface area (Å²) >= 11 is 0. The van der Waals surface area contributed by atoms with Gasteiger partial charge in [0.05, 0.1) is 21.5 Å². The summed E-state index contributed by atoms with van der Waals surface area (Å²) in [5, 5.41) is 27.9. The van der Waals surface area contributed by atoms with E-state index in [1.54, 1.807) is 24.3 Å². The molecule has 2 aromatic carbocycles. The normalized spacial score (nSPS) is 13.2. The standard InChI is InChI=1S/C23H23N7O5/c1-15-11-21(28-9-3-2-4-10-28)27-23(24-15)26-18-7-5-17(6-8-18)25-22(31)16-12-19(29(32)33)14-20(13-16)30(34)35/h5-8,11-14H,2-4,9-10H2,1H3,(H,25,31)(H,24,26,27). The van der Waals surface area contributed by atoms with Gasteiger partial charge in [0.2, 0.25) is 5.95 Å². The van der Waals surface area contributed by atoms with Gasteiger partial charge in [0.25, 0.3) is 17.3 Å². The van der Waals surface area contributed by atoms with E-state index in [1.807, 2.05) is 13.0 Å². The van der Waals surface area contributed by atoms with Crippen molar-refractivity contribution in [1.29, 1.82) is 0 Å². The molecule has 0 aliphatic carbocycles. The molecule has 0 radical (unpaired) electrons. The summed E-state index contributed by atoms with van der Waals surface area (Å²) in [5.41, 5.74) is 0.694. The molecule has 1 aliphatic rings. The van der Waals surface area contributed by atoms with Crippen LogP contribution in [0, 0.1) is 27.2 Å². The topological polar surface area (TPSA) is 156 Å². The highest BCUT2D eigenvalue weighted by Crippen LogP contribution is 2.25. The predicted molar refractivity (Wildman–Crippen MR) is 130 cm³/mol. The van der Waals surface area contributed by atoms with Gasteiger partial charge in [-0.3, -0.25) is 25.0 Å². The van der Waals surface area contributed by atoms with E-state index in [0.29, 0.717) is 17.3 Å². The fraction of sp³-hybridized carbons (Fsp3) is 0.261. The van der Waals surface area contributed by atoms with Gasteiger partial charge in [0.15, 0.2) is 0 Å². The van der Waals surface area contributed by atoms with Crippen molar-refractivity contribution >= 4 is 40.4 Å². The first-order valence-corrected chi connectivity index (χ1v) is 11.0. The molecule has 0 atom stereocenters. The van der Waals surface area contributed by atoms with Gasteiger partial charge in [0, 0.05) is 48.4 Å². The summed E-state index contributed by atoms with van der Waals surface area (Å²) in [6, 6.07) is 11.5. The van der Waals surface area contributed by atoms with Crippen LogP contribution in [0.25, 0.3) is 0 Å². The summed E-state index contributed by atoms with van der Waals surface area (Å²) in [5.74, 6) is 0.645. The van der Waals surface area contributed by atoms with E-state index in [9.17, 15) is 25.0 Å². The lowest BCUT2D eigenvalue weighted by molar-refractivity contribution is -0.394. The highest BCUT2D eigenvalue weighted by Gasteiger charge is 2.20. The SMILES string of the molecule is Cc1cc(N2CCCCC2)nc(Nc2ccc(NC(=O)c3cc([N+](=O)[O-])cc([N+](=O)[O-])c3)cc2)n1. The lowest BCUT2D eigenvalue weighted by Gasteiger charge is -2.28. The number of nitrogens with one attached hydrogen (secondary N) is 2. The van der Waals surface area contributed by atoms with Gasteiger partial charge in [0.1, 0.15) is 5.82 Å². The maximum absolute atomic E-state index is 12.6. The van der Waals surface area contributed by atoms with Crippen molar-refractivity contribution in [3.8, 4) is 0 Å². The number of benzene rings is 2. The lowest BCUT2D eigenvalue weighted by atomic mass is 10.1. The van der Waals surface area contributed by atoms with Gasteiger partial charge >= 0.3 is 0 Å². The fourth-order valence-corrected chi connectivity index (χ4v) is 3.80. The van der Waals surface area contributed by atoms with Gasteiger partial charge in [-0.1, -0.05) is 0 Å². The molecule has 0 bridgehead atoms. The molecule has 0 saturated carbocycles. The summed E-state index contributed by atoms with van der Waals surface area (Å²) < 4.78 is 0. The van der Waals surface area contributed by atoms with Gasteiger partial charge in [-0.15, -0.1) is 0 Å². The number of carbonyl (C=O) groups is 1. The number of nitrogens with zero attached hydrogens (tertiary/aromatic N) is 5. The van der Waals surface area contributed by atoms with Gasteiger partial charge < -0.3 is 15.5 Å². The molecule has 1 aliphatic heterocycles. The Morgan fingerprint density at radius 1 is 0.886 bits per heavy atom. The second kappa shape index (κ2) is 10.1. The molecule has 3 aromatic rings.